The Balaban J connectivity index is 1.21. The molecule has 0 bridgehead atoms. The number of fused-ring (bicyclic) bond motifs is 1. The van der Waals surface area contributed by atoms with E-state index in [1.165, 1.54) is 11.8 Å². The summed E-state index contributed by atoms with van der Waals surface area (Å²) in [5, 5.41) is 3.56. The van der Waals surface area contributed by atoms with Crippen molar-refractivity contribution in [2.24, 2.45) is 0 Å². The zero-order chi connectivity index (χ0) is 25.8. The van der Waals surface area contributed by atoms with Crippen molar-refractivity contribution < 1.29 is 19.1 Å². The second-order valence-electron chi connectivity index (χ2n) is 8.29. The number of benzene rings is 4. The highest BCUT2D eigenvalue weighted by molar-refractivity contribution is 7.99. The molecule has 6 nitrogen and oxygen atoms in total. The largest absolute Gasteiger partial charge is 0.457 e. The highest BCUT2D eigenvalue weighted by Gasteiger charge is 2.36. The number of carbonyl (C=O) groups is 3. The van der Waals surface area contributed by atoms with Gasteiger partial charge in [0.2, 0.25) is 5.91 Å². The number of ether oxygens (including phenoxy) is 1. The van der Waals surface area contributed by atoms with Gasteiger partial charge in [-0.25, -0.2) is 4.90 Å². The molecular formula is C29H21ClN2O4S. The van der Waals surface area contributed by atoms with E-state index in [1.807, 2.05) is 30.3 Å². The highest BCUT2D eigenvalue weighted by Crippen LogP contribution is 2.32. The van der Waals surface area contributed by atoms with E-state index in [2.05, 4.69) is 5.32 Å². The van der Waals surface area contributed by atoms with Crippen LogP contribution < -0.4 is 15.0 Å². The minimum atomic E-state index is -0.395. The average molecular weight is 529 g/mol. The second kappa shape index (κ2) is 10.9. The Morgan fingerprint density at radius 3 is 2.32 bits per heavy atom. The number of thioether (sulfide) groups is 1. The minimum absolute atomic E-state index is 0.126. The van der Waals surface area contributed by atoms with Crippen LogP contribution in [0.25, 0.3) is 0 Å². The summed E-state index contributed by atoms with van der Waals surface area (Å²) in [5.41, 5.74) is 2.83. The van der Waals surface area contributed by atoms with Gasteiger partial charge in [0, 0.05) is 22.5 Å². The fourth-order valence-corrected chi connectivity index (χ4v) is 4.82. The number of nitrogens with one attached hydrogen (secondary N) is 1. The first-order chi connectivity index (χ1) is 18.0. The average Bonchev–Trinajstić information content (AvgIpc) is 3.15. The molecular weight excluding hydrogens is 508 g/mol. The molecule has 37 heavy (non-hydrogen) atoms. The van der Waals surface area contributed by atoms with Crippen molar-refractivity contribution in [2.75, 3.05) is 16.0 Å². The molecule has 0 aliphatic carbocycles. The molecule has 0 saturated heterocycles. The maximum atomic E-state index is 13.0. The summed E-state index contributed by atoms with van der Waals surface area (Å²) in [7, 11) is 0. The quantitative estimate of drug-likeness (QED) is 0.254. The van der Waals surface area contributed by atoms with Gasteiger partial charge in [0.1, 0.15) is 11.5 Å². The number of amides is 3. The number of halogens is 1. The van der Waals surface area contributed by atoms with E-state index in [4.69, 9.17) is 16.3 Å². The molecule has 184 valence electrons. The van der Waals surface area contributed by atoms with Crippen molar-refractivity contribution in [3.63, 3.8) is 0 Å². The van der Waals surface area contributed by atoms with Gasteiger partial charge in [-0.15, -0.1) is 11.8 Å². The standard InChI is InChI=1S/C29H21ClN2O4S/c30-20-11-9-19(10-12-20)17-37-18-27(33)31-21-5-4-8-23(15-21)36-24-13-14-25-26(16-24)29(35)32(28(25)34)22-6-2-1-3-7-22/h1-16H,17-18H2,(H,31,33). The SMILES string of the molecule is O=C(CSCc1ccc(Cl)cc1)Nc1cccc(Oc2ccc3c(c2)C(=O)N(c2ccccc2)C3=O)c1. The molecule has 4 aromatic rings. The van der Waals surface area contributed by atoms with Crippen molar-refractivity contribution in [1.82, 2.24) is 0 Å². The summed E-state index contributed by atoms with van der Waals surface area (Å²) in [6, 6.07) is 28.2. The molecule has 0 spiro atoms. The molecule has 1 N–H and O–H groups in total. The van der Waals surface area contributed by atoms with Crippen molar-refractivity contribution in [3.8, 4) is 11.5 Å². The Morgan fingerprint density at radius 2 is 1.54 bits per heavy atom. The monoisotopic (exact) mass is 528 g/mol. The van der Waals surface area contributed by atoms with Crippen LogP contribution in [0.1, 0.15) is 26.3 Å². The Morgan fingerprint density at radius 1 is 0.811 bits per heavy atom. The molecule has 1 aliphatic heterocycles. The fourth-order valence-electron chi connectivity index (χ4n) is 3.91. The van der Waals surface area contributed by atoms with Gasteiger partial charge in [-0.3, -0.25) is 14.4 Å². The molecule has 1 aliphatic rings. The Kier molecular flexibility index (Phi) is 7.25. The highest BCUT2D eigenvalue weighted by atomic mass is 35.5. The molecule has 1 heterocycles. The predicted molar refractivity (Wildman–Crippen MR) is 147 cm³/mol. The number of para-hydroxylation sites is 1. The number of nitrogens with zero attached hydrogens (tertiary/aromatic N) is 1. The smallest absolute Gasteiger partial charge is 0.266 e. The Labute approximate surface area is 223 Å². The van der Waals surface area contributed by atoms with Crippen LogP contribution in [0.5, 0.6) is 11.5 Å². The van der Waals surface area contributed by atoms with E-state index >= 15 is 0 Å². The van der Waals surface area contributed by atoms with Crippen LogP contribution in [0, 0.1) is 0 Å². The van der Waals surface area contributed by atoms with Gasteiger partial charge in [-0.1, -0.05) is 48.0 Å². The number of rotatable bonds is 8. The van der Waals surface area contributed by atoms with Gasteiger partial charge in [0.25, 0.3) is 11.8 Å². The molecule has 0 saturated carbocycles. The third-order valence-corrected chi connectivity index (χ3v) is 6.90. The van der Waals surface area contributed by atoms with Gasteiger partial charge in [0.15, 0.2) is 0 Å². The van der Waals surface area contributed by atoms with Crippen LogP contribution in [-0.2, 0) is 10.5 Å². The van der Waals surface area contributed by atoms with E-state index in [0.29, 0.717) is 45.0 Å². The zero-order valence-corrected chi connectivity index (χ0v) is 21.1. The zero-order valence-electron chi connectivity index (χ0n) is 19.5. The number of anilines is 2. The van der Waals surface area contributed by atoms with Crippen molar-refractivity contribution in [3.05, 3.63) is 119 Å². The summed E-state index contributed by atoms with van der Waals surface area (Å²) in [5.74, 6) is 1.02. The van der Waals surface area contributed by atoms with Crippen LogP contribution in [0.4, 0.5) is 11.4 Å². The topological polar surface area (TPSA) is 75.7 Å². The van der Waals surface area contributed by atoms with E-state index < -0.39 is 5.91 Å². The molecule has 0 aromatic heterocycles. The number of hydrogen-bond donors (Lipinski definition) is 1. The van der Waals surface area contributed by atoms with Gasteiger partial charge < -0.3 is 10.1 Å². The van der Waals surface area contributed by atoms with Crippen molar-refractivity contribution >= 4 is 52.5 Å². The maximum absolute atomic E-state index is 13.0. The van der Waals surface area contributed by atoms with Crippen LogP contribution in [0.15, 0.2) is 97.1 Å². The third kappa shape index (κ3) is 5.69. The number of imide groups is 1. The Bertz CT molecular complexity index is 1480. The summed E-state index contributed by atoms with van der Waals surface area (Å²) < 4.78 is 5.95. The molecule has 5 rings (SSSR count). The fraction of sp³-hybridized carbons (Fsp3) is 0.0690. The van der Waals surface area contributed by atoms with Gasteiger partial charge in [-0.05, 0) is 60.2 Å². The summed E-state index contributed by atoms with van der Waals surface area (Å²) in [6.07, 6.45) is 0. The summed E-state index contributed by atoms with van der Waals surface area (Å²) >= 11 is 7.41. The lowest BCUT2D eigenvalue weighted by molar-refractivity contribution is -0.113. The van der Waals surface area contributed by atoms with E-state index in [-0.39, 0.29) is 17.4 Å². The molecule has 0 unspecified atom stereocenters. The van der Waals surface area contributed by atoms with Crippen molar-refractivity contribution in [2.45, 2.75) is 5.75 Å². The lowest BCUT2D eigenvalue weighted by Crippen LogP contribution is -2.29. The van der Waals surface area contributed by atoms with E-state index in [0.717, 1.165) is 10.5 Å². The number of hydrogen-bond acceptors (Lipinski definition) is 5. The maximum Gasteiger partial charge on any atom is 0.266 e. The molecule has 4 aromatic carbocycles. The van der Waals surface area contributed by atoms with Gasteiger partial charge >= 0.3 is 0 Å². The van der Waals surface area contributed by atoms with E-state index in [9.17, 15) is 14.4 Å². The molecule has 8 heteroatoms. The lowest BCUT2D eigenvalue weighted by atomic mass is 10.1. The van der Waals surface area contributed by atoms with Crippen LogP contribution in [0.2, 0.25) is 5.02 Å². The van der Waals surface area contributed by atoms with E-state index in [1.54, 1.807) is 66.7 Å². The first-order valence-electron chi connectivity index (χ1n) is 11.5. The summed E-state index contributed by atoms with van der Waals surface area (Å²) in [6.45, 7) is 0. The molecule has 0 fully saturated rings. The second-order valence-corrected chi connectivity index (χ2v) is 9.71. The lowest BCUT2D eigenvalue weighted by Gasteiger charge is -2.13. The first-order valence-corrected chi connectivity index (χ1v) is 13.0. The molecule has 3 amide bonds. The van der Waals surface area contributed by atoms with Crippen LogP contribution >= 0.6 is 23.4 Å². The normalized spacial score (nSPS) is 12.4. The van der Waals surface area contributed by atoms with Crippen molar-refractivity contribution in [1.29, 1.82) is 0 Å². The van der Waals surface area contributed by atoms with Crippen LogP contribution in [0.3, 0.4) is 0 Å². The predicted octanol–water partition coefficient (Wildman–Crippen LogP) is 6.80. The first kappa shape index (κ1) is 24.6. The van der Waals surface area contributed by atoms with Gasteiger partial charge in [-0.2, -0.15) is 0 Å². The number of carbonyl (C=O) groups excluding carboxylic acids is 3. The third-order valence-electron chi connectivity index (χ3n) is 5.64. The molecule has 0 atom stereocenters. The molecule has 0 radical (unpaired) electrons. The summed E-state index contributed by atoms with van der Waals surface area (Å²) in [4.78, 5) is 39.3. The van der Waals surface area contributed by atoms with Gasteiger partial charge in [0.05, 0.1) is 22.6 Å². The Hall–Kier alpha value is -4.07. The minimum Gasteiger partial charge on any atom is -0.457 e. The van der Waals surface area contributed by atoms with Crippen LogP contribution in [-0.4, -0.2) is 23.5 Å².